The highest BCUT2D eigenvalue weighted by Crippen LogP contribution is 2.21. The highest BCUT2D eigenvalue weighted by atomic mass is 14.9. The maximum absolute atomic E-state index is 4.09. The molecule has 19 heavy (non-hydrogen) atoms. The first-order valence-electron chi connectivity index (χ1n) is 7.22. The number of imidazole rings is 1. The minimum atomic E-state index is 0.584. The Labute approximate surface area is 116 Å². The zero-order chi connectivity index (χ0) is 13.7. The zero-order valence-corrected chi connectivity index (χ0v) is 12.2. The van der Waals surface area contributed by atoms with Gasteiger partial charge in [-0.15, -0.1) is 0 Å². The Hall–Kier alpha value is -1.57. The minimum Gasteiger partial charge on any atom is -0.348 e. The molecule has 0 radical (unpaired) electrons. The Morgan fingerprint density at radius 2 is 1.89 bits per heavy atom. The van der Waals surface area contributed by atoms with Gasteiger partial charge in [0.1, 0.15) is 0 Å². The van der Waals surface area contributed by atoms with Crippen LogP contribution in [0.25, 0.3) is 0 Å². The summed E-state index contributed by atoms with van der Waals surface area (Å²) in [6, 6.07) is 6.58. The molecule has 0 aliphatic heterocycles. The highest BCUT2D eigenvalue weighted by molar-refractivity contribution is 5.33. The van der Waals surface area contributed by atoms with Crippen LogP contribution >= 0.6 is 0 Å². The topological polar surface area (TPSA) is 28.7 Å². The summed E-state index contributed by atoms with van der Waals surface area (Å²) < 4.78 is 0. The number of aromatic amines is 1. The van der Waals surface area contributed by atoms with Crippen molar-refractivity contribution in [2.24, 2.45) is 0 Å². The van der Waals surface area contributed by atoms with Crippen molar-refractivity contribution < 1.29 is 0 Å². The SMILES string of the molecule is Cc1cccc(C)c1CCCCC(C)c1cnc[nH]1. The van der Waals surface area contributed by atoms with E-state index in [0.717, 1.165) is 0 Å². The fourth-order valence-corrected chi connectivity index (χ4v) is 2.69. The van der Waals surface area contributed by atoms with Gasteiger partial charge in [-0.2, -0.15) is 0 Å². The van der Waals surface area contributed by atoms with Gasteiger partial charge in [-0.3, -0.25) is 0 Å². The number of aryl methyl sites for hydroxylation is 2. The van der Waals surface area contributed by atoms with E-state index in [2.05, 4.69) is 48.9 Å². The fourth-order valence-electron chi connectivity index (χ4n) is 2.69. The molecule has 0 aliphatic rings. The molecule has 0 saturated heterocycles. The summed E-state index contributed by atoms with van der Waals surface area (Å²) in [7, 11) is 0. The third kappa shape index (κ3) is 3.69. The van der Waals surface area contributed by atoms with Gasteiger partial charge in [0, 0.05) is 11.9 Å². The van der Waals surface area contributed by atoms with Crippen LogP contribution in [-0.2, 0) is 6.42 Å². The monoisotopic (exact) mass is 256 g/mol. The van der Waals surface area contributed by atoms with E-state index < -0.39 is 0 Å². The number of unbranched alkanes of at least 4 members (excludes halogenated alkanes) is 1. The lowest BCUT2D eigenvalue weighted by Crippen LogP contribution is -1.97. The van der Waals surface area contributed by atoms with E-state index in [4.69, 9.17) is 0 Å². The van der Waals surface area contributed by atoms with Crippen molar-refractivity contribution in [3.05, 3.63) is 53.1 Å². The number of nitrogens with one attached hydrogen (secondary N) is 1. The molecule has 0 spiro atoms. The molecule has 2 nitrogen and oxygen atoms in total. The van der Waals surface area contributed by atoms with Crippen LogP contribution in [0.1, 0.15) is 54.5 Å². The molecule has 0 bridgehead atoms. The van der Waals surface area contributed by atoms with E-state index in [0.29, 0.717) is 5.92 Å². The van der Waals surface area contributed by atoms with Crippen molar-refractivity contribution in [3.63, 3.8) is 0 Å². The van der Waals surface area contributed by atoms with Gasteiger partial charge < -0.3 is 4.98 Å². The normalized spacial score (nSPS) is 12.6. The third-order valence-corrected chi connectivity index (χ3v) is 4.01. The molecule has 1 heterocycles. The van der Waals surface area contributed by atoms with Gasteiger partial charge in [0.25, 0.3) is 0 Å². The van der Waals surface area contributed by atoms with E-state index in [1.54, 1.807) is 6.33 Å². The second-order valence-corrected chi connectivity index (χ2v) is 5.52. The summed E-state index contributed by atoms with van der Waals surface area (Å²) >= 11 is 0. The molecule has 0 aliphatic carbocycles. The quantitative estimate of drug-likeness (QED) is 0.755. The minimum absolute atomic E-state index is 0.584. The number of nitrogens with zero attached hydrogens (tertiary/aromatic N) is 1. The van der Waals surface area contributed by atoms with Crippen molar-refractivity contribution in [2.45, 2.75) is 52.4 Å². The van der Waals surface area contributed by atoms with E-state index in [1.165, 1.54) is 48.1 Å². The number of H-pyrrole nitrogens is 1. The summed E-state index contributed by atoms with van der Waals surface area (Å²) in [4.78, 5) is 7.29. The standard InChI is InChI=1S/C17H24N2/c1-13-8-6-9-14(2)16(13)10-5-4-7-15(3)17-11-18-12-19-17/h6,8-9,11-12,15H,4-5,7,10H2,1-3H3,(H,18,19). The van der Waals surface area contributed by atoms with Gasteiger partial charge in [0.15, 0.2) is 0 Å². The fraction of sp³-hybridized carbons (Fsp3) is 0.471. The van der Waals surface area contributed by atoms with E-state index in [9.17, 15) is 0 Å². The number of benzene rings is 1. The van der Waals surface area contributed by atoms with Crippen LogP contribution in [0, 0.1) is 13.8 Å². The number of rotatable bonds is 6. The van der Waals surface area contributed by atoms with Crippen LogP contribution in [0.3, 0.4) is 0 Å². The van der Waals surface area contributed by atoms with Crippen molar-refractivity contribution in [1.82, 2.24) is 9.97 Å². The Bertz CT molecular complexity index is 480. The Morgan fingerprint density at radius 1 is 1.16 bits per heavy atom. The van der Waals surface area contributed by atoms with Crippen LogP contribution in [0.5, 0.6) is 0 Å². The maximum Gasteiger partial charge on any atom is 0.0921 e. The molecule has 1 aromatic heterocycles. The van der Waals surface area contributed by atoms with Crippen LogP contribution in [-0.4, -0.2) is 9.97 Å². The second kappa shape index (κ2) is 6.55. The Morgan fingerprint density at radius 3 is 2.53 bits per heavy atom. The highest BCUT2D eigenvalue weighted by Gasteiger charge is 2.07. The molecule has 1 atom stereocenters. The summed E-state index contributed by atoms with van der Waals surface area (Å²) in [5, 5.41) is 0. The molecular formula is C17H24N2. The van der Waals surface area contributed by atoms with E-state index in [1.807, 2.05) is 6.20 Å². The van der Waals surface area contributed by atoms with Gasteiger partial charge in [0.05, 0.1) is 6.33 Å². The first-order valence-corrected chi connectivity index (χ1v) is 7.22. The molecule has 1 N–H and O–H groups in total. The van der Waals surface area contributed by atoms with Crippen molar-refractivity contribution >= 4 is 0 Å². The predicted octanol–water partition coefficient (Wildman–Crippen LogP) is 4.54. The molecular weight excluding hydrogens is 232 g/mol. The van der Waals surface area contributed by atoms with Crippen molar-refractivity contribution in [3.8, 4) is 0 Å². The maximum atomic E-state index is 4.09. The predicted molar refractivity (Wildman–Crippen MR) is 80.5 cm³/mol. The van der Waals surface area contributed by atoms with Crippen LogP contribution in [0.4, 0.5) is 0 Å². The summed E-state index contributed by atoms with van der Waals surface area (Å²) in [6.07, 6.45) is 8.68. The van der Waals surface area contributed by atoms with E-state index in [-0.39, 0.29) is 0 Å². The van der Waals surface area contributed by atoms with Gasteiger partial charge in [0.2, 0.25) is 0 Å². The van der Waals surface area contributed by atoms with Gasteiger partial charge in [-0.05, 0) is 55.7 Å². The number of hydrogen-bond donors (Lipinski definition) is 1. The van der Waals surface area contributed by atoms with Crippen molar-refractivity contribution in [1.29, 1.82) is 0 Å². The lowest BCUT2D eigenvalue weighted by molar-refractivity contribution is 0.594. The Kier molecular flexibility index (Phi) is 4.78. The molecule has 1 unspecified atom stereocenters. The molecule has 0 saturated carbocycles. The van der Waals surface area contributed by atoms with Gasteiger partial charge in [-0.25, -0.2) is 4.98 Å². The molecule has 2 heteroatoms. The van der Waals surface area contributed by atoms with Gasteiger partial charge in [-0.1, -0.05) is 31.5 Å². The first-order chi connectivity index (χ1) is 9.18. The van der Waals surface area contributed by atoms with Crippen molar-refractivity contribution in [2.75, 3.05) is 0 Å². The average Bonchev–Trinajstić information content (AvgIpc) is 2.91. The summed E-state index contributed by atoms with van der Waals surface area (Å²) in [6.45, 7) is 6.71. The molecule has 2 rings (SSSR count). The lowest BCUT2D eigenvalue weighted by Gasteiger charge is -2.11. The van der Waals surface area contributed by atoms with Crippen LogP contribution in [0.15, 0.2) is 30.7 Å². The number of aromatic nitrogens is 2. The first kappa shape index (κ1) is 13.9. The number of hydrogen-bond acceptors (Lipinski definition) is 1. The zero-order valence-electron chi connectivity index (χ0n) is 12.2. The summed E-state index contributed by atoms with van der Waals surface area (Å²) in [5.74, 6) is 0.584. The second-order valence-electron chi connectivity index (χ2n) is 5.52. The molecule has 102 valence electrons. The molecule has 2 aromatic rings. The molecule has 1 aromatic carbocycles. The van der Waals surface area contributed by atoms with Crippen LogP contribution in [0.2, 0.25) is 0 Å². The smallest absolute Gasteiger partial charge is 0.0921 e. The Balaban J connectivity index is 1.78. The lowest BCUT2D eigenvalue weighted by atomic mass is 9.95. The molecule has 0 amide bonds. The third-order valence-electron chi connectivity index (χ3n) is 4.01. The van der Waals surface area contributed by atoms with Crippen LogP contribution < -0.4 is 0 Å². The summed E-state index contributed by atoms with van der Waals surface area (Å²) in [5.41, 5.74) is 5.66. The largest absolute Gasteiger partial charge is 0.348 e. The average molecular weight is 256 g/mol. The van der Waals surface area contributed by atoms with Gasteiger partial charge >= 0.3 is 0 Å². The molecule has 0 fully saturated rings. The van der Waals surface area contributed by atoms with E-state index >= 15 is 0 Å².